The third-order valence-corrected chi connectivity index (χ3v) is 6.48. The van der Waals surface area contributed by atoms with E-state index < -0.39 is 63.9 Å². The van der Waals surface area contributed by atoms with Gasteiger partial charge < -0.3 is 31.5 Å². The lowest BCUT2D eigenvalue weighted by Gasteiger charge is -2.24. The van der Waals surface area contributed by atoms with E-state index in [1.807, 2.05) is 0 Å². The van der Waals surface area contributed by atoms with Crippen LogP contribution in [0.3, 0.4) is 0 Å². The van der Waals surface area contributed by atoms with Crippen LogP contribution in [-0.2, 0) is 42.1 Å². The van der Waals surface area contributed by atoms with Crippen LogP contribution < -0.4 is 21.3 Å². The maximum Gasteiger partial charge on any atom is 0.294 e. The molecule has 0 bridgehead atoms. The van der Waals surface area contributed by atoms with E-state index in [1.165, 1.54) is 38.1 Å². The molecule has 0 spiro atoms. The van der Waals surface area contributed by atoms with E-state index in [9.17, 15) is 42.4 Å². The number of hydrogen-bond donors (Lipinski definition) is 7. The largest absolute Gasteiger partial charge is 0.508 e. The van der Waals surface area contributed by atoms with Gasteiger partial charge in [0.2, 0.25) is 29.1 Å². The van der Waals surface area contributed by atoms with Crippen molar-refractivity contribution in [1.82, 2.24) is 21.3 Å². The first-order valence-corrected chi connectivity index (χ1v) is 13.4. The predicted octanol–water partition coefficient (Wildman–Crippen LogP) is -1.01. The summed E-state index contributed by atoms with van der Waals surface area (Å²) in [4.78, 5) is 49.2. The smallest absolute Gasteiger partial charge is 0.294 e. The summed E-state index contributed by atoms with van der Waals surface area (Å²) in [6.45, 7) is 2.03. The second kappa shape index (κ2) is 14.2. The van der Waals surface area contributed by atoms with Gasteiger partial charge in [-0.05, 0) is 36.6 Å². The van der Waals surface area contributed by atoms with Gasteiger partial charge in [0.15, 0.2) is 0 Å². The molecule has 0 aliphatic heterocycles. The number of rotatable bonds is 13. The monoisotopic (exact) mass is 564 g/mol. The zero-order valence-electron chi connectivity index (χ0n) is 21.3. The fourth-order valence-corrected chi connectivity index (χ4v) is 4.16. The number of aliphatic hydroxyl groups excluding tert-OH is 1. The van der Waals surface area contributed by atoms with E-state index >= 15 is 0 Å². The van der Waals surface area contributed by atoms with Crippen molar-refractivity contribution in [1.29, 1.82) is 0 Å². The van der Waals surface area contributed by atoms with E-state index in [-0.39, 0.29) is 18.6 Å². The van der Waals surface area contributed by atoms with Gasteiger partial charge in [0, 0.05) is 13.3 Å². The second-order valence-corrected chi connectivity index (χ2v) is 10.4. The molecule has 7 N–H and O–H groups in total. The van der Waals surface area contributed by atoms with Crippen LogP contribution >= 0.6 is 0 Å². The number of amides is 4. The molecule has 2 aromatic rings. The summed E-state index contributed by atoms with van der Waals surface area (Å²) in [6.07, 6.45) is -0.0408. The summed E-state index contributed by atoms with van der Waals surface area (Å²) in [6, 6.07) is 10.8. The molecule has 0 radical (unpaired) electrons. The van der Waals surface area contributed by atoms with Crippen LogP contribution in [0.4, 0.5) is 0 Å². The summed E-state index contributed by atoms with van der Waals surface area (Å²) in [5.74, 6) is -2.73. The summed E-state index contributed by atoms with van der Waals surface area (Å²) in [5.41, 5.74) is -1.15. The number of benzene rings is 2. The van der Waals surface area contributed by atoms with Crippen molar-refractivity contribution in [2.45, 2.75) is 50.3 Å². The molecule has 39 heavy (non-hydrogen) atoms. The molecule has 2 aromatic carbocycles. The normalized spacial score (nSPS) is 14.3. The summed E-state index contributed by atoms with van der Waals surface area (Å²) in [7, 11) is -4.96. The first-order chi connectivity index (χ1) is 18.3. The number of carbonyl (C=O) groups is 4. The van der Waals surface area contributed by atoms with Crippen LogP contribution in [0.2, 0.25) is 0 Å². The van der Waals surface area contributed by atoms with Gasteiger partial charge in [0.1, 0.15) is 17.8 Å². The molecule has 4 amide bonds. The van der Waals surface area contributed by atoms with Crippen LogP contribution in [0.15, 0.2) is 54.6 Å². The third-order valence-electron chi connectivity index (χ3n) is 5.54. The summed E-state index contributed by atoms with van der Waals surface area (Å²) >= 11 is 0. The van der Waals surface area contributed by atoms with Crippen molar-refractivity contribution in [3.05, 3.63) is 65.7 Å². The Labute approximate surface area is 225 Å². The Bertz CT molecular complexity index is 1250. The fraction of sp³-hybridized carbons (Fsp3) is 0.360. The minimum Gasteiger partial charge on any atom is -0.508 e. The highest BCUT2D eigenvalue weighted by molar-refractivity contribution is 7.86. The van der Waals surface area contributed by atoms with Gasteiger partial charge in [-0.15, -0.1) is 0 Å². The van der Waals surface area contributed by atoms with E-state index in [4.69, 9.17) is 0 Å². The van der Waals surface area contributed by atoms with Gasteiger partial charge in [-0.2, -0.15) is 8.42 Å². The minimum absolute atomic E-state index is 0.0541. The van der Waals surface area contributed by atoms with Crippen molar-refractivity contribution in [3.63, 3.8) is 0 Å². The number of aliphatic hydroxyl groups is 1. The molecule has 2 rings (SSSR count). The Morgan fingerprint density at radius 3 is 2.00 bits per heavy atom. The molecular formula is C25H32N4O9S. The first-order valence-electron chi connectivity index (χ1n) is 11.9. The molecule has 0 fully saturated rings. The molecule has 0 aromatic heterocycles. The van der Waals surface area contributed by atoms with Gasteiger partial charge in [-0.3, -0.25) is 23.7 Å². The van der Waals surface area contributed by atoms with E-state index in [0.29, 0.717) is 5.56 Å². The zero-order chi connectivity index (χ0) is 29.2. The van der Waals surface area contributed by atoms with Crippen molar-refractivity contribution >= 4 is 33.7 Å². The minimum atomic E-state index is -4.96. The van der Waals surface area contributed by atoms with E-state index in [0.717, 1.165) is 5.56 Å². The van der Waals surface area contributed by atoms with Crippen LogP contribution in [0.25, 0.3) is 0 Å². The van der Waals surface area contributed by atoms with Crippen LogP contribution in [0.1, 0.15) is 25.0 Å². The highest BCUT2D eigenvalue weighted by atomic mass is 32.2. The average molecular weight is 565 g/mol. The second-order valence-electron chi connectivity index (χ2n) is 8.84. The fourth-order valence-electron chi connectivity index (χ4n) is 3.58. The van der Waals surface area contributed by atoms with Crippen LogP contribution in [0.5, 0.6) is 5.75 Å². The molecule has 0 saturated heterocycles. The Hall–Kier alpha value is -4.01. The van der Waals surface area contributed by atoms with Gasteiger partial charge in [0.05, 0.1) is 12.6 Å². The van der Waals surface area contributed by atoms with Gasteiger partial charge in [0.25, 0.3) is 10.1 Å². The molecule has 0 heterocycles. The molecule has 14 heteroatoms. The lowest BCUT2D eigenvalue weighted by molar-refractivity contribution is -0.131. The molecule has 4 atom stereocenters. The van der Waals surface area contributed by atoms with E-state index in [2.05, 4.69) is 21.3 Å². The molecule has 2 unspecified atom stereocenters. The molecule has 212 valence electrons. The standard InChI is InChI=1S/C25H32N4O9S/c1-15(23(33)29-21(25(35)39(36,37)38)13-18-8-10-19(31)11-9-18)27-22(32)14-26-24(34)20(28-16(2)30)12-17-6-4-3-5-7-17/h3-11,15,20-21,25,31,35H,12-14H2,1-2H3,(H,26,34)(H,27,32)(H,28,30)(H,29,33)(H,36,37,38)/t15-,20-,21?,25?/m0/s1. The first kappa shape index (κ1) is 31.2. The lowest BCUT2D eigenvalue weighted by atomic mass is 10.1. The van der Waals surface area contributed by atoms with Crippen molar-refractivity contribution in [3.8, 4) is 5.75 Å². The SMILES string of the molecule is CC(=O)N[C@@H](Cc1ccccc1)C(=O)NCC(=O)N[C@@H](C)C(=O)NC(Cc1ccc(O)cc1)C(O)S(=O)(=O)O. The quantitative estimate of drug-likeness (QED) is 0.148. The molecule has 0 aliphatic carbocycles. The van der Waals surface area contributed by atoms with Crippen molar-refractivity contribution in [2.75, 3.05) is 6.54 Å². The van der Waals surface area contributed by atoms with Gasteiger partial charge >= 0.3 is 0 Å². The molecule has 0 aliphatic rings. The topological polar surface area (TPSA) is 211 Å². The molecule has 13 nitrogen and oxygen atoms in total. The highest BCUT2D eigenvalue weighted by Gasteiger charge is 2.33. The number of nitrogens with one attached hydrogen (secondary N) is 4. The van der Waals surface area contributed by atoms with Crippen LogP contribution in [-0.4, -0.2) is 76.9 Å². The molecular weight excluding hydrogens is 532 g/mol. The Morgan fingerprint density at radius 1 is 0.846 bits per heavy atom. The van der Waals surface area contributed by atoms with E-state index in [1.54, 1.807) is 30.3 Å². The van der Waals surface area contributed by atoms with Gasteiger partial charge in [-0.25, -0.2) is 0 Å². The number of aromatic hydroxyl groups is 1. The summed E-state index contributed by atoms with van der Waals surface area (Å²) in [5, 5.41) is 29.0. The third kappa shape index (κ3) is 10.7. The maximum atomic E-state index is 12.6. The number of carbonyl (C=O) groups excluding carboxylic acids is 4. The Balaban J connectivity index is 1.97. The number of phenols is 1. The number of hydrogen-bond acceptors (Lipinski definition) is 8. The zero-order valence-corrected chi connectivity index (χ0v) is 22.1. The lowest BCUT2D eigenvalue weighted by Crippen LogP contribution is -2.55. The maximum absolute atomic E-state index is 12.6. The van der Waals surface area contributed by atoms with Gasteiger partial charge in [-0.1, -0.05) is 42.5 Å². The highest BCUT2D eigenvalue weighted by Crippen LogP contribution is 2.14. The molecule has 0 saturated carbocycles. The summed E-state index contributed by atoms with van der Waals surface area (Å²) < 4.78 is 32.3. The Morgan fingerprint density at radius 2 is 1.44 bits per heavy atom. The Kier molecular flexibility index (Phi) is 11.4. The average Bonchev–Trinajstić information content (AvgIpc) is 2.87. The van der Waals surface area contributed by atoms with Crippen LogP contribution in [0, 0.1) is 0 Å². The number of phenolic OH excluding ortho intramolecular Hbond substituents is 1. The predicted molar refractivity (Wildman–Crippen MR) is 140 cm³/mol. The van der Waals surface area contributed by atoms with Crippen molar-refractivity contribution < 1.29 is 42.4 Å². The van der Waals surface area contributed by atoms with Crippen molar-refractivity contribution in [2.24, 2.45) is 0 Å².